The van der Waals surface area contributed by atoms with Gasteiger partial charge in [0.2, 0.25) is 0 Å². The van der Waals surface area contributed by atoms with Gasteiger partial charge in [0.25, 0.3) is 0 Å². The molecule has 76 heavy (non-hydrogen) atoms. The topological polar surface area (TPSA) is 78.9 Å². The first-order valence-corrected chi connectivity index (χ1v) is 31.9. The highest BCUT2D eigenvalue weighted by atomic mass is 16.6. The maximum absolute atomic E-state index is 12.8. The molecule has 0 fully saturated rings. The summed E-state index contributed by atoms with van der Waals surface area (Å²) in [5.41, 5.74) is 0. The molecule has 0 rings (SSSR count). The van der Waals surface area contributed by atoms with Crippen molar-refractivity contribution in [2.24, 2.45) is 0 Å². The Morgan fingerprint density at radius 1 is 0.276 bits per heavy atom. The molecule has 0 radical (unpaired) electrons. The molecule has 0 amide bonds. The Bertz CT molecular complexity index is 1540. The summed E-state index contributed by atoms with van der Waals surface area (Å²) in [5.74, 6) is -0.993. The molecule has 0 saturated heterocycles. The second-order valence-electron chi connectivity index (χ2n) is 20.9. The number of esters is 3. The zero-order valence-electron chi connectivity index (χ0n) is 49.7. The highest BCUT2D eigenvalue weighted by molar-refractivity contribution is 5.71. The molecule has 0 spiro atoms. The van der Waals surface area contributed by atoms with Gasteiger partial charge < -0.3 is 14.2 Å². The second kappa shape index (κ2) is 63.6. The molecule has 0 heterocycles. The first-order valence-electron chi connectivity index (χ1n) is 31.9. The first kappa shape index (κ1) is 72.1. The summed E-state index contributed by atoms with van der Waals surface area (Å²) in [5, 5.41) is 0. The van der Waals surface area contributed by atoms with E-state index in [0.717, 1.165) is 103 Å². The normalized spacial score (nSPS) is 12.8. The fraction of sp³-hybridized carbons (Fsp3) is 0.700. The van der Waals surface area contributed by atoms with Crippen molar-refractivity contribution in [3.8, 4) is 0 Å². The fourth-order valence-corrected chi connectivity index (χ4v) is 8.80. The van der Waals surface area contributed by atoms with E-state index in [0.29, 0.717) is 19.3 Å². The van der Waals surface area contributed by atoms with E-state index in [1.54, 1.807) is 0 Å². The molecule has 0 saturated carbocycles. The Hall–Kier alpha value is -3.93. The van der Waals surface area contributed by atoms with Crippen LogP contribution in [-0.4, -0.2) is 37.2 Å². The van der Waals surface area contributed by atoms with Gasteiger partial charge in [-0.3, -0.25) is 14.4 Å². The van der Waals surface area contributed by atoms with Crippen LogP contribution in [0.4, 0.5) is 0 Å². The van der Waals surface area contributed by atoms with Crippen LogP contribution in [0.2, 0.25) is 0 Å². The molecule has 0 aromatic rings. The smallest absolute Gasteiger partial charge is 0.306 e. The van der Waals surface area contributed by atoms with Crippen LogP contribution in [0.15, 0.2) is 109 Å². The number of unbranched alkanes of at least 4 members (excludes halogenated alkanes) is 28. The number of carbonyl (C=O) groups excluding carboxylic acids is 3. The lowest BCUT2D eigenvalue weighted by molar-refractivity contribution is -0.166. The molecule has 6 heteroatoms. The van der Waals surface area contributed by atoms with E-state index < -0.39 is 12.1 Å². The number of hydrogen-bond acceptors (Lipinski definition) is 6. The molecule has 1 atom stereocenters. The van der Waals surface area contributed by atoms with Crippen molar-refractivity contribution >= 4 is 17.9 Å². The molecule has 0 aromatic heterocycles. The van der Waals surface area contributed by atoms with Crippen LogP contribution in [-0.2, 0) is 28.6 Å². The van der Waals surface area contributed by atoms with Gasteiger partial charge in [-0.2, -0.15) is 0 Å². The third-order valence-electron chi connectivity index (χ3n) is 13.5. The Kier molecular flexibility index (Phi) is 60.3. The van der Waals surface area contributed by atoms with Gasteiger partial charge in [-0.1, -0.05) is 278 Å². The lowest BCUT2D eigenvalue weighted by atomic mass is 10.0. The molecule has 1 unspecified atom stereocenters. The van der Waals surface area contributed by atoms with Crippen LogP contribution in [0, 0.1) is 0 Å². The minimum absolute atomic E-state index is 0.107. The van der Waals surface area contributed by atoms with Crippen molar-refractivity contribution in [3.63, 3.8) is 0 Å². The Morgan fingerprint density at radius 3 is 0.868 bits per heavy atom. The van der Waals surface area contributed by atoms with Gasteiger partial charge in [-0.25, -0.2) is 0 Å². The summed E-state index contributed by atoms with van der Waals surface area (Å²) >= 11 is 0. The zero-order chi connectivity index (χ0) is 55.0. The van der Waals surface area contributed by atoms with E-state index >= 15 is 0 Å². The molecule has 6 nitrogen and oxygen atoms in total. The predicted octanol–water partition coefficient (Wildman–Crippen LogP) is 21.8. The van der Waals surface area contributed by atoms with Gasteiger partial charge >= 0.3 is 17.9 Å². The molecule has 0 aliphatic rings. The van der Waals surface area contributed by atoms with Crippen LogP contribution in [0.5, 0.6) is 0 Å². The Morgan fingerprint density at radius 2 is 0.539 bits per heavy atom. The SMILES string of the molecule is CC/C=C\C/C=C\C/C=C\C/C=C\CCCCCCCCCCCCCCCCCCCCCCC(=O)OCC(COC(=O)CCCCCCC/C=C\CCCCC)OC(=O)CC/C=C\C/C=C\C/C=C\C/C=C\CC. The summed E-state index contributed by atoms with van der Waals surface area (Å²) in [7, 11) is 0. The number of allylic oxidation sites excluding steroid dienone is 18. The van der Waals surface area contributed by atoms with Crippen molar-refractivity contribution in [1.29, 1.82) is 0 Å². The van der Waals surface area contributed by atoms with E-state index in [-0.39, 0.29) is 31.6 Å². The van der Waals surface area contributed by atoms with Crippen molar-refractivity contribution in [2.45, 2.75) is 303 Å². The molecule has 0 aliphatic carbocycles. The van der Waals surface area contributed by atoms with Crippen molar-refractivity contribution in [3.05, 3.63) is 109 Å². The number of carbonyl (C=O) groups is 3. The van der Waals surface area contributed by atoms with Crippen molar-refractivity contribution < 1.29 is 28.6 Å². The molecule has 0 aromatic carbocycles. The molecule has 0 bridgehead atoms. The third-order valence-corrected chi connectivity index (χ3v) is 13.5. The fourth-order valence-electron chi connectivity index (χ4n) is 8.80. The minimum atomic E-state index is -0.818. The van der Waals surface area contributed by atoms with Gasteiger partial charge in [0.05, 0.1) is 0 Å². The van der Waals surface area contributed by atoms with E-state index in [1.807, 2.05) is 12.2 Å². The maximum atomic E-state index is 12.8. The summed E-state index contributed by atoms with van der Waals surface area (Å²) in [6.45, 7) is 6.33. The summed E-state index contributed by atoms with van der Waals surface area (Å²) < 4.78 is 16.8. The highest BCUT2D eigenvalue weighted by Crippen LogP contribution is 2.17. The van der Waals surface area contributed by atoms with Gasteiger partial charge in [0.1, 0.15) is 13.2 Å². The highest BCUT2D eigenvalue weighted by Gasteiger charge is 2.19. The molecule has 0 N–H and O–H groups in total. The number of rotatable bonds is 57. The van der Waals surface area contributed by atoms with Crippen molar-refractivity contribution in [1.82, 2.24) is 0 Å². The first-order chi connectivity index (χ1) is 37.5. The lowest BCUT2D eigenvalue weighted by Crippen LogP contribution is -2.30. The Labute approximate surface area is 470 Å². The molecular weight excluding hydrogens is 937 g/mol. The summed E-state index contributed by atoms with van der Waals surface area (Å²) in [4.78, 5) is 38.1. The van der Waals surface area contributed by atoms with Crippen LogP contribution in [0.25, 0.3) is 0 Å². The van der Waals surface area contributed by atoms with Crippen molar-refractivity contribution in [2.75, 3.05) is 13.2 Å². The lowest BCUT2D eigenvalue weighted by Gasteiger charge is -2.18. The van der Waals surface area contributed by atoms with Gasteiger partial charge in [0, 0.05) is 19.3 Å². The minimum Gasteiger partial charge on any atom is -0.462 e. The second-order valence-corrected chi connectivity index (χ2v) is 20.9. The molecule has 0 aliphatic heterocycles. The quantitative estimate of drug-likeness (QED) is 0.0261. The van der Waals surface area contributed by atoms with Gasteiger partial charge in [0.15, 0.2) is 6.10 Å². The number of hydrogen-bond donors (Lipinski definition) is 0. The molecule has 434 valence electrons. The molecular formula is C70H118O6. The van der Waals surface area contributed by atoms with Crippen LogP contribution >= 0.6 is 0 Å². The van der Waals surface area contributed by atoms with Crippen LogP contribution < -0.4 is 0 Å². The monoisotopic (exact) mass is 1050 g/mol. The zero-order valence-corrected chi connectivity index (χ0v) is 49.7. The summed E-state index contributed by atoms with van der Waals surface area (Å²) in [6.07, 6.45) is 87.1. The summed E-state index contributed by atoms with van der Waals surface area (Å²) in [6, 6.07) is 0. The van der Waals surface area contributed by atoms with E-state index in [1.165, 1.54) is 148 Å². The average Bonchev–Trinajstić information content (AvgIpc) is 3.42. The standard InChI is InChI=1S/C70H118O6/c1-4-7-10-13-16-19-22-25-26-27-28-29-30-31-32-33-34-35-36-37-38-39-40-41-42-43-44-46-48-51-54-57-60-63-69(72)75-66-67(65-74-68(71)62-59-56-53-50-47-24-21-18-15-12-9-6-3)76-70(73)64-61-58-55-52-49-45-23-20-17-14-11-8-5-2/h7-8,10-11,16-21,25-26,28-29,45,49,55,58,67H,4-6,9,12-15,22-24,27,30-44,46-48,50-54,56-57,59-66H2,1-3H3/b10-7-,11-8-,19-16-,20-17-,21-18-,26-25-,29-28-,49-45-,58-55-. The van der Waals surface area contributed by atoms with E-state index in [4.69, 9.17) is 14.2 Å². The van der Waals surface area contributed by atoms with Crippen LogP contribution in [0.3, 0.4) is 0 Å². The van der Waals surface area contributed by atoms with E-state index in [2.05, 4.69) is 118 Å². The average molecular weight is 1060 g/mol. The van der Waals surface area contributed by atoms with E-state index in [9.17, 15) is 14.4 Å². The van der Waals surface area contributed by atoms with Gasteiger partial charge in [-0.05, 0) is 109 Å². The largest absolute Gasteiger partial charge is 0.462 e. The Balaban J connectivity index is 4.13. The maximum Gasteiger partial charge on any atom is 0.306 e. The van der Waals surface area contributed by atoms with Crippen LogP contribution in [0.1, 0.15) is 297 Å². The van der Waals surface area contributed by atoms with Gasteiger partial charge in [-0.15, -0.1) is 0 Å². The predicted molar refractivity (Wildman–Crippen MR) is 330 cm³/mol. The third kappa shape index (κ3) is 60.9. The number of ether oxygens (including phenoxy) is 3.